The van der Waals surface area contributed by atoms with Gasteiger partial charge in [0, 0.05) is 5.56 Å². The van der Waals surface area contributed by atoms with Gasteiger partial charge in [-0.2, -0.15) is 4.98 Å². The van der Waals surface area contributed by atoms with E-state index in [1.807, 2.05) is 0 Å². The quantitative estimate of drug-likeness (QED) is 0.663. The molecular formula is C17H15N3O5S. The van der Waals surface area contributed by atoms with Gasteiger partial charge in [-0.3, -0.25) is 4.79 Å². The Hall–Kier alpha value is -3.20. The maximum Gasteiger partial charge on any atom is 0.350 e. The Bertz CT molecular complexity index is 917. The van der Waals surface area contributed by atoms with E-state index in [4.69, 9.17) is 9.26 Å². The van der Waals surface area contributed by atoms with Gasteiger partial charge in [0.15, 0.2) is 0 Å². The SMILES string of the molecule is COC(=O)c1sccc1NC(=O)Cc1nc(-c2ccc(OC)cc2)no1. The highest BCUT2D eigenvalue weighted by atomic mass is 32.1. The smallest absolute Gasteiger partial charge is 0.350 e. The first-order valence-corrected chi connectivity index (χ1v) is 8.41. The highest BCUT2D eigenvalue weighted by Crippen LogP contribution is 2.23. The number of thiophene rings is 1. The van der Waals surface area contributed by atoms with E-state index in [0.29, 0.717) is 22.1 Å². The fourth-order valence-electron chi connectivity index (χ4n) is 2.17. The predicted octanol–water partition coefficient (Wildman–Crippen LogP) is 2.77. The Balaban J connectivity index is 1.66. The molecule has 0 aliphatic rings. The van der Waals surface area contributed by atoms with Crippen LogP contribution in [0.4, 0.5) is 5.69 Å². The second-order valence-electron chi connectivity index (χ2n) is 5.12. The normalized spacial score (nSPS) is 10.4. The third-order valence-corrected chi connectivity index (χ3v) is 4.33. The number of hydrogen-bond donors (Lipinski definition) is 1. The molecule has 134 valence electrons. The van der Waals surface area contributed by atoms with E-state index in [9.17, 15) is 9.59 Å². The zero-order valence-corrected chi connectivity index (χ0v) is 14.8. The molecule has 0 unspecified atom stereocenters. The number of methoxy groups -OCH3 is 2. The first-order valence-electron chi connectivity index (χ1n) is 7.53. The van der Waals surface area contributed by atoms with Crippen molar-refractivity contribution in [2.75, 3.05) is 19.5 Å². The molecule has 0 aliphatic heterocycles. The molecule has 0 radical (unpaired) electrons. The molecule has 2 aromatic heterocycles. The van der Waals surface area contributed by atoms with Gasteiger partial charge in [0.2, 0.25) is 17.6 Å². The van der Waals surface area contributed by atoms with Gasteiger partial charge in [0.05, 0.1) is 19.9 Å². The Morgan fingerprint density at radius 2 is 1.96 bits per heavy atom. The second-order valence-corrected chi connectivity index (χ2v) is 6.04. The van der Waals surface area contributed by atoms with E-state index >= 15 is 0 Å². The minimum absolute atomic E-state index is 0.111. The summed E-state index contributed by atoms with van der Waals surface area (Å²) in [5.74, 6) is 0.381. The van der Waals surface area contributed by atoms with Crippen molar-refractivity contribution < 1.29 is 23.6 Å². The fourth-order valence-corrected chi connectivity index (χ4v) is 2.94. The lowest BCUT2D eigenvalue weighted by Gasteiger charge is -2.03. The third kappa shape index (κ3) is 3.89. The van der Waals surface area contributed by atoms with Crippen LogP contribution in [-0.4, -0.2) is 36.2 Å². The lowest BCUT2D eigenvalue weighted by Crippen LogP contribution is -2.16. The summed E-state index contributed by atoms with van der Waals surface area (Å²) < 4.78 is 14.9. The molecular weight excluding hydrogens is 358 g/mol. The van der Waals surface area contributed by atoms with Crippen LogP contribution < -0.4 is 10.1 Å². The van der Waals surface area contributed by atoms with Gasteiger partial charge in [-0.15, -0.1) is 11.3 Å². The maximum absolute atomic E-state index is 12.2. The number of ether oxygens (including phenoxy) is 2. The van der Waals surface area contributed by atoms with Crippen LogP contribution in [0.15, 0.2) is 40.2 Å². The molecule has 0 spiro atoms. The van der Waals surface area contributed by atoms with Gasteiger partial charge >= 0.3 is 5.97 Å². The predicted molar refractivity (Wildman–Crippen MR) is 94.3 cm³/mol. The van der Waals surface area contributed by atoms with E-state index in [-0.39, 0.29) is 18.2 Å². The number of carbonyl (C=O) groups excluding carboxylic acids is 2. The summed E-state index contributed by atoms with van der Waals surface area (Å²) in [4.78, 5) is 28.3. The number of nitrogens with one attached hydrogen (secondary N) is 1. The van der Waals surface area contributed by atoms with Gasteiger partial charge in [0.25, 0.3) is 0 Å². The van der Waals surface area contributed by atoms with Crippen LogP contribution in [0.25, 0.3) is 11.4 Å². The molecule has 1 amide bonds. The first kappa shape index (κ1) is 17.6. The zero-order valence-electron chi connectivity index (χ0n) is 14.0. The number of carbonyl (C=O) groups is 2. The maximum atomic E-state index is 12.2. The summed E-state index contributed by atoms with van der Waals surface area (Å²) in [6, 6.07) is 8.78. The molecule has 0 atom stereocenters. The topological polar surface area (TPSA) is 104 Å². The molecule has 1 aromatic carbocycles. The number of anilines is 1. The molecule has 2 heterocycles. The molecule has 0 fully saturated rings. The van der Waals surface area contributed by atoms with E-state index in [1.165, 1.54) is 18.4 Å². The van der Waals surface area contributed by atoms with Crippen molar-refractivity contribution in [3.8, 4) is 17.1 Å². The molecule has 0 bridgehead atoms. The number of hydrogen-bond acceptors (Lipinski definition) is 8. The molecule has 1 N–H and O–H groups in total. The van der Waals surface area contributed by atoms with Crippen LogP contribution in [0, 0.1) is 0 Å². The number of amides is 1. The first-order chi connectivity index (χ1) is 12.6. The second kappa shape index (κ2) is 7.79. The van der Waals surface area contributed by atoms with Crippen molar-refractivity contribution in [3.63, 3.8) is 0 Å². The van der Waals surface area contributed by atoms with Crippen molar-refractivity contribution >= 4 is 28.9 Å². The van der Waals surface area contributed by atoms with Crippen molar-refractivity contribution in [2.45, 2.75) is 6.42 Å². The molecule has 9 heteroatoms. The summed E-state index contributed by atoms with van der Waals surface area (Å²) >= 11 is 1.18. The van der Waals surface area contributed by atoms with Gasteiger partial charge in [-0.1, -0.05) is 5.16 Å². The standard InChI is InChI=1S/C17H15N3O5S/c1-23-11-5-3-10(4-6-11)16-19-14(25-20-16)9-13(21)18-12-7-8-26-15(12)17(22)24-2/h3-8H,9H2,1-2H3,(H,18,21). The average Bonchev–Trinajstić information content (AvgIpc) is 3.30. The Morgan fingerprint density at radius 1 is 1.19 bits per heavy atom. The van der Waals surface area contributed by atoms with Gasteiger partial charge in [0.1, 0.15) is 17.0 Å². The van der Waals surface area contributed by atoms with E-state index in [1.54, 1.807) is 42.8 Å². The van der Waals surface area contributed by atoms with Crippen LogP contribution in [0.5, 0.6) is 5.75 Å². The number of nitrogens with zero attached hydrogens (tertiary/aromatic N) is 2. The Labute approximate surface area is 152 Å². The van der Waals surface area contributed by atoms with Crippen LogP contribution in [0.2, 0.25) is 0 Å². The Morgan fingerprint density at radius 3 is 2.65 bits per heavy atom. The molecule has 8 nitrogen and oxygen atoms in total. The minimum Gasteiger partial charge on any atom is -0.497 e. The van der Waals surface area contributed by atoms with E-state index < -0.39 is 5.97 Å². The Kier molecular flexibility index (Phi) is 5.28. The highest BCUT2D eigenvalue weighted by Gasteiger charge is 2.18. The summed E-state index contributed by atoms with van der Waals surface area (Å²) in [7, 11) is 2.87. The van der Waals surface area contributed by atoms with Gasteiger partial charge in [-0.05, 0) is 35.7 Å². The van der Waals surface area contributed by atoms with E-state index in [0.717, 1.165) is 5.56 Å². The van der Waals surface area contributed by atoms with E-state index in [2.05, 4.69) is 20.2 Å². The van der Waals surface area contributed by atoms with Gasteiger partial charge in [-0.25, -0.2) is 4.79 Å². The van der Waals surface area contributed by atoms with Crippen molar-refractivity contribution in [1.29, 1.82) is 0 Å². The summed E-state index contributed by atoms with van der Waals surface area (Å²) in [6.07, 6.45) is -0.111. The van der Waals surface area contributed by atoms with Crippen LogP contribution in [-0.2, 0) is 16.0 Å². The van der Waals surface area contributed by atoms with Crippen molar-refractivity contribution in [3.05, 3.63) is 46.5 Å². The number of aromatic nitrogens is 2. The van der Waals surface area contributed by atoms with Gasteiger partial charge < -0.3 is 19.3 Å². The number of benzene rings is 1. The third-order valence-electron chi connectivity index (χ3n) is 3.44. The molecule has 3 rings (SSSR count). The van der Waals surface area contributed by atoms with Crippen LogP contribution in [0.3, 0.4) is 0 Å². The zero-order chi connectivity index (χ0) is 18.5. The fraction of sp³-hybridized carbons (Fsp3) is 0.176. The summed E-state index contributed by atoms with van der Waals surface area (Å²) in [5, 5.41) is 8.21. The monoisotopic (exact) mass is 373 g/mol. The largest absolute Gasteiger partial charge is 0.497 e. The summed E-state index contributed by atoms with van der Waals surface area (Å²) in [5.41, 5.74) is 1.13. The molecule has 3 aromatic rings. The van der Waals surface area contributed by atoms with Crippen molar-refractivity contribution in [2.24, 2.45) is 0 Å². The number of rotatable bonds is 6. The van der Waals surface area contributed by atoms with Crippen LogP contribution in [0.1, 0.15) is 15.6 Å². The number of esters is 1. The van der Waals surface area contributed by atoms with Crippen molar-refractivity contribution in [1.82, 2.24) is 10.1 Å². The minimum atomic E-state index is -0.505. The molecule has 0 saturated heterocycles. The molecule has 26 heavy (non-hydrogen) atoms. The summed E-state index contributed by atoms with van der Waals surface area (Å²) in [6.45, 7) is 0. The average molecular weight is 373 g/mol. The van der Waals surface area contributed by atoms with Crippen LogP contribution >= 0.6 is 11.3 Å². The lowest BCUT2D eigenvalue weighted by molar-refractivity contribution is -0.115. The highest BCUT2D eigenvalue weighted by molar-refractivity contribution is 7.12. The molecule has 0 saturated carbocycles. The molecule has 0 aliphatic carbocycles. The lowest BCUT2D eigenvalue weighted by atomic mass is 10.2.